The maximum Gasteiger partial charge on any atom is 0.397 e. The van der Waals surface area contributed by atoms with Crippen LogP contribution < -0.4 is 0 Å². The molecule has 104 valence electrons. The number of hydrogen-bond acceptors (Lipinski definition) is 3. The van der Waals surface area contributed by atoms with Crippen LogP contribution in [0.2, 0.25) is 0 Å². The monoisotopic (exact) mass is 291 g/mol. The van der Waals surface area contributed by atoms with E-state index in [1.165, 1.54) is 18.4 Å². The highest BCUT2D eigenvalue weighted by molar-refractivity contribution is 7.10. The van der Waals surface area contributed by atoms with E-state index in [-0.39, 0.29) is 13.2 Å². The zero-order valence-electron chi connectivity index (χ0n) is 10.1. The molecule has 7 heteroatoms. The van der Waals surface area contributed by atoms with Gasteiger partial charge in [-0.25, -0.2) is 0 Å². The molecule has 0 unspecified atom stereocenters. The summed E-state index contributed by atoms with van der Waals surface area (Å²) in [4.78, 5) is 13.0. The Morgan fingerprint density at radius 2 is 2.21 bits per heavy atom. The predicted octanol–water partition coefficient (Wildman–Crippen LogP) is 2.00. The lowest BCUT2D eigenvalue weighted by Crippen LogP contribution is -2.30. The van der Waals surface area contributed by atoms with Crippen LogP contribution in [0.15, 0.2) is 11.4 Å². The summed E-state index contributed by atoms with van der Waals surface area (Å²) in [6, 6.07) is 1.69. The van der Waals surface area contributed by atoms with Crippen LogP contribution in [-0.4, -0.2) is 35.7 Å². The summed E-state index contributed by atoms with van der Waals surface area (Å²) < 4.78 is 36.2. The summed E-state index contributed by atoms with van der Waals surface area (Å²) in [5.41, 5.74) is 0.713. The van der Waals surface area contributed by atoms with E-state index in [1.54, 1.807) is 11.4 Å². The summed E-state index contributed by atoms with van der Waals surface area (Å²) in [5.74, 6) is 4.19. The highest BCUT2D eigenvalue weighted by atomic mass is 32.1. The first-order valence-electron chi connectivity index (χ1n) is 5.29. The number of carbonyl (C=O) groups is 1. The largest absolute Gasteiger partial charge is 0.397 e. The quantitative estimate of drug-likeness (QED) is 0.865. The highest BCUT2D eigenvalue weighted by Gasteiger charge is 2.32. The Morgan fingerprint density at radius 3 is 2.79 bits per heavy atom. The second kappa shape index (κ2) is 6.59. The van der Waals surface area contributed by atoms with Crippen LogP contribution in [0.1, 0.15) is 16.9 Å². The van der Waals surface area contributed by atoms with Crippen molar-refractivity contribution >= 4 is 17.2 Å². The Labute approximate surface area is 112 Å². The minimum Gasteiger partial charge on any atom is -0.384 e. The van der Waals surface area contributed by atoms with E-state index in [4.69, 9.17) is 5.11 Å². The van der Waals surface area contributed by atoms with Gasteiger partial charge in [-0.15, -0.1) is 11.3 Å². The smallest absolute Gasteiger partial charge is 0.384 e. The van der Waals surface area contributed by atoms with Crippen molar-refractivity contribution in [2.24, 2.45) is 0 Å². The third-order valence-corrected chi connectivity index (χ3v) is 3.04. The van der Waals surface area contributed by atoms with Gasteiger partial charge in [-0.1, -0.05) is 11.8 Å². The van der Waals surface area contributed by atoms with Crippen molar-refractivity contribution in [3.05, 3.63) is 21.9 Å². The third kappa shape index (κ3) is 5.77. The molecule has 3 nitrogen and oxygen atoms in total. The molecule has 1 amide bonds. The van der Waals surface area contributed by atoms with Gasteiger partial charge in [0, 0.05) is 13.6 Å². The van der Waals surface area contributed by atoms with Crippen LogP contribution in [0.25, 0.3) is 0 Å². The van der Waals surface area contributed by atoms with E-state index in [9.17, 15) is 18.0 Å². The lowest BCUT2D eigenvalue weighted by atomic mass is 10.2. The van der Waals surface area contributed by atoms with Gasteiger partial charge in [0.25, 0.3) is 0 Å². The first kappa shape index (κ1) is 15.5. The lowest BCUT2D eigenvalue weighted by molar-refractivity contribution is -0.160. The molecule has 0 bridgehead atoms. The Balaban J connectivity index is 2.59. The summed E-state index contributed by atoms with van der Waals surface area (Å²) >= 11 is 1.31. The number of amides is 1. The molecule has 0 fully saturated rings. The van der Waals surface area contributed by atoms with Gasteiger partial charge in [0.2, 0.25) is 5.91 Å². The van der Waals surface area contributed by atoms with Crippen molar-refractivity contribution in [2.75, 3.05) is 13.7 Å². The molecular formula is C12H12F3NO2S. The maximum atomic E-state index is 12.1. The van der Waals surface area contributed by atoms with Crippen molar-refractivity contribution in [2.45, 2.75) is 19.1 Å². The number of hydrogen-bond donors (Lipinski definition) is 1. The number of nitrogens with zero attached hydrogens (tertiary/aromatic N) is 1. The zero-order chi connectivity index (χ0) is 14.5. The van der Waals surface area contributed by atoms with Crippen molar-refractivity contribution < 1.29 is 23.1 Å². The number of aliphatic hydroxyl groups excluding tert-OH is 1. The molecular weight excluding hydrogens is 279 g/mol. The van der Waals surface area contributed by atoms with Gasteiger partial charge in [0.1, 0.15) is 13.0 Å². The van der Waals surface area contributed by atoms with Crippen molar-refractivity contribution in [1.29, 1.82) is 0 Å². The Bertz CT molecular complexity index is 499. The molecule has 0 radical (unpaired) electrons. The Kier molecular flexibility index (Phi) is 5.39. The van der Waals surface area contributed by atoms with Crippen LogP contribution >= 0.6 is 11.3 Å². The number of alkyl halides is 3. The molecule has 1 rings (SSSR count). The minimum absolute atomic E-state index is 0.103. The van der Waals surface area contributed by atoms with Crippen LogP contribution in [-0.2, 0) is 11.3 Å². The summed E-state index contributed by atoms with van der Waals surface area (Å²) in [5, 5.41) is 10.3. The van der Waals surface area contributed by atoms with Crippen LogP contribution in [0.5, 0.6) is 0 Å². The van der Waals surface area contributed by atoms with Crippen LogP contribution in [0.3, 0.4) is 0 Å². The minimum atomic E-state index is -4.49. The first-order chi connectivity index (χ1) is 8.81. The highest BCUT2D eigenvalue weighted by Crippen LogP contribution is 2.21. The van der Waals surface area contributed by atoms with Crippen molar-refractivity contribution in [3.8, 4) is 11.8 Å². The molecule has 0 aromatic carbocycles. The van der Waals surface area contributed by atoms with Crippen molar-refractivity contribution in [3.63, 3.8) is 0 Å². The molecule has 0 aliphatic rings. The number of aliphatic hydroxyl groups is 1. The summed E-state index contributed by atoms with van der Waals surface area (Å²) in [6.45, 7) is -0.149. The molecule has 1 heterocycles. The fraction of sp³-hybridized carbons (Fsp3) is 0.417. The number of rotatable bonds is 3. The van der Waals surface area contributed by atoms with Crippen LogP contribution in [0.4, 0.5) is 13.2 Å². The van der Waals surface area contributed by atoms with E-state index < -0.39 is 18.5 Å². The van der Waals surface area contributed by atoms with E-state index in [0.717, 1.165) is 4.90 Å². The molecule has 0 spiro atoms. The fourth-order valence-corrected chi connectivity index (χ4v) is 2.09. The topological polar surface area (TPSA) is 40.5 Å². The van der Waals surface area contributed by atoms with E-state index in [2.05, 4.69) is 11.8 Å². The molecule has 19 heavy (non-hydrogen) atoms. The van der Waals surface area contributed by atoms with Gasteiger partial charge in [-0.2, -0.15) is 13.2 Å². The summed E-state index contributed by atoms with van der Waals surface area (Å²) in [7, 11) is 1.32. The molecule has 0 aliphatic carbocycles. The SMILES string of the molecule is CN(Cc1csc(C#CCO)c1)C(=O)CC(F)(F)F. The van der Waals surface area contributed by atoms with Gasteiger partial charge in [0.15, 0.2) is 0 Å². The molecule has 1 aromatic rings. The summed E-state index contributed by atoms with van der Waals surface area (Å²) in [6.07, 6.45) is -5.94. The van der Waals surface area contributed by atoms with Gasteiger partial charge in [-0.05, 0) is 17.0 Å². The molecule has 1 N–H and O–H groups in total. The maximum absolute atomic E-state index is 12.1. The molecule has 0 saturated heterocycles. The van der Waals surface area contributed by atoms with E-state index in [1.807, 2.05) is 0 Å². The second-order valence-corrected chi connectivity index (χ2v) is 4.73. The van der Waals surface area contributed by atoms with Gasteiger partial charge >= 0.3 is 6.18 Å². The second-order valence-electron chi connectivity index (χ2n) is 3.82. The standard InChI is InChI=1S/C12H12F3NO2S/c1-16(11(18)6-12(13,14)15)7-9-5-10(19-8-9)3-2-4-17/h5,8,17H,4,6-7H2,1H3. The van der Waals surface area contributed by atoms with E-state index in [0.29, 0.717) is 10.4 Å². The average molecular weight is 291 g/mol. The van der Waals surface area contributed by atoms with E-state index >= 15 is 0 Å². The predicted molar refractivity (Wildman–Crippen MR) is 65.4 cm³/mol. The fourth-order valence-electron chi connectivity index (χ4n) is 1.32. The number of halogens is 3. The molecule has 0 saturated carbocycles. The van der Waals surface area contributed by atoms with Gasteiger partial charge < -0.3 is 10.0 Å². The van der Waals surface area contributed by atoms with Crippen molar-refractivity contribution in [1.82, 2.24) is 4.90 Å². The molecule has 0 atom stereocenters. The molecule has 1 aromatic heterocycles. The zero-order valence-corrected chi connectivity index (χ0v) is 10.9. The third-order valence-electron chi connectivity index (χ3n) is 2.14. The Morgan fingerprint density at radius 1 is 1.53 bits per heavy atom. The van der Waals surface area contributed by atoms with Gasteiger partial charge in [0.05, 0.1) is 4.88 Å². The first-order valence-corrected chi connectivity index (χ1v) is 6.17. The lowest BCUT2D eigenvalue weighted by Gasteiger charge is -2.17. The van der Waals surface area contributed by atoms with Crippen LogP contribution in [0, 0.1) is 11.8 Å². The Hall–Kier alpha value is -1.52. The molecule has 0 aliphatic heterocycles. The average Bonchev–Trinajstić information content (AvgIpc) is 2.71. The van der Waals surface area contributed by atoms with Gasteiger partial charge in [-0.3, -0.25) is 4.79 Å². The number of thiophene rings is 1. The normalized spacial score (nSPS) is 10.8. The number of carbonyl (C=O) groups excluding carboxylic acids is 1.